The predicted octanol–water partition coefficient (Wildman–Crippen LogP) is 1.86. The summed E-state index contributed by atoms with van der Waals surface area (Å²) in [5.74, 6) is -1.10. The third-order valence-electron chi connectivity index (χ3n) is 4.53. The average molecular weight is 332 g/mol. The molecule has 24 heavy (non-hydrogen) atoms. The molecule has 1 aliphatic rings. The van der Waals surface area contributed by atoms with E-state index >= 15 is 0 Å². The van der Waals surface area contributed by atoms with E-state index in [0.717, 1.165) is 6.42 Å². The lowest BCUT2D eigenvalue weighted by Crippen LogP contribution is -2.52. The summed E-state index contributed by atoms with van der Waals surface area (Å²) in [6, 6.07) is 9.05. The van der Waals surface area contributed by atoms with Gasteiger partial charge in [0.05, 0.1) is 11.8 Å². The van der Waals surface area contributed by atoms with Crippen molar-refractivity contribution in [2.45, 2.75) is 26.2 Å². The molecule has 1 N–H and O–H groups in total. The number of benzene rings is 1. The van der Waals surface area contributed by atoms with Gasteiger partial charge in [-0.05, 0) is 31.9 Å². The maximum Gasteiger partial charge on any atom is 0.305 e. The summed E-state index contributed by atoms with van der Waals surface area (Å²) in [4.78, 5) is 39.2. The van der Waals surface area contributed by atoms with Crippen LogP contribution in [-0.4, -0.2) is 59.4 Å². The Hall–Kier alpha value is -2.37. The lowest BCUT2D eigenvalue weighted by atomic mass is 9.80. The van der Waals surface area contributed by atoms with Crippen LogP contribution < -0.4 is 0 Å². The molecule has 1 saturated heterocycles. The number of carboxylic acid groups (broad SMARTS) is 1. The zero-order valence-electron chi connectivity index (χ0n) is 14.2. The standard InChI is InChI=1S/C18H24N2O4/c1-18(17(24)19(2)12-9-15(21)22)10-6-11-20(13-18)16(23)14-7-4-3-5-8-14/h3-5,7-8H,6,9-13H2,1-2H3,(H,21,22). The minimum atomic E-state index is -0.927. The van der Waals surface area contributed by atoms with Gasteiger partial charge in [-0.3, -0.25) is 14.4 Å². The minimum absolute atomic E-state index is 0.0671. The Bertz CT molecular complexity index is 617. The Morgan fingerprint density at radius 3 is 2.54 bits per heavy atom. The molecule has 0 bridgehead atoms. The molecule has 130 valence electrons. The fourth-order valence-electron chi connectivity index (χ4n) is 3.18. The molecule has 6 heteroatoms. The molecule has 0 radical (unpaired) electrons. The number of amides is 2. The SMILES string of the molecule is CN(CCC(=O)O)C(=O)C1(C)CCCN(C(=O)c2ccccc2)C1. The zero-order chi connectivity index (χ0) is 17.7. The van der Waals surface area contributed by atoms with E-state index in [2.05, 4.69) is 0 Å². The van der Waals surface area contributed by atoms with Crippen molar-refractivity contribution >= 4 is 17.8 Å². The van der Waals surface area contributed by atoms with E-state index in [1.165, 1.54) is 4.90 Å². The molecule has 0 aliphatic carbocycles. The van der Waals surface area contributed by atoms with Crippen LogP contribution in [-0.2, 0) is 9.59 Å². The van der Waals surface area contributed by atoms with E-state index < -0.39 is 11.4 Å². The number of hydrogen-bond donors (Lipinski definition) is 1. The Kier molecular flexibility index (Phi) is 5.59. The summed E-state index contributed by atoms with van der Waals surface area (Å²) >= 11 is 0. The Morgan fingerprint density at radius 2 is 1.92 bits per heavy atom. The molecule has 1 fully saturated rings. The molecule has 0 saturated carbocycles. The van der Waals surface area contributed by atoms with E-state index in [1.807, 2.05) is 25.1 Å². The topological polar surface area (TPSA) is 77.9 Å². The van der Waals surface area contributed by atoms with Crippen LogP contribution in [0.25, 0.3) is 0 Å². The number of rotatable bonds is 5. The summed E-state index contributed by atoms with van der Waals surface area (Å²) in [5, 5.41) is 8.77. The van der Waals surface area contributed by atoms with Gasteiger partial charge < -0.3 is 14.9 Å². The smallest absolute Gasteiger partial charge is 0.305 e. The largest absolute Gasteiger partial charge is 0.481 e. The Morgan fingerprint density at radius 1 is 1.25 bits per heavy atom. The second kappa shape index (κ2) is 7.47. The van der Waals surface area contributed by atoms with Crippen LogP contribution in [0.15, 0.2) is 30.3 Å². The molecule has 2 rings (SSSR count). The lowest BCUT2D eigenvalue weighted by Gasteiger charge is -2.41. The third kappa shape index (κ3) is 4.13. The number of carboxylic acids is 1. The lowest BCUT2D eigenvalue weighted by molar-refractivity contribution is -0.143. The molecule has 1 aromatic rings. The van der Waals surface area contributed by atoms with Crippen molar-refractivity contribution in [2.75, 3.05) is 26.7 Å². The van der Waals surface area contributed by atoms with Crippen LogP contribution in [0.1, 0.15) is 36.5 Å². The number of nitrogens with zero attached hydrogens (tertiary/aromatic N) is 2. The van der Waals surface area contributed by atoms with Gasteiger partial charge in [0, 0.05) is 32.2 Å². The number of piperidine rings is 1. The molecule has 2 amide bonds. The van der Waals surface area contributed by atoms with Crippen molar-refractivity contribution in [3.63, 3.8) is 0 Å². The van der Waals surface area contributed by atoms with Crippen LogP contribution in [0.2, 0.25) is 0 Å². The van der Waals surface area contributed by atoms with Crippen molar-refractivity contribution in [3.05, 3.63) is 35.9 Å². The molecule has 1 aromatic carbocycles. The second-order valence-electron chi connectivity index (χ2n) is 6.63. The summed E-state index contributed by atoms with van der Waals surface area (Å²) < 4.78 is 0. The maximum absolute atomic E-state index is 12.7. The highest BCUT2D eigenvalue weighted by atomic mass is 16.4. The Balaban J connectivity index is 2.06. The van der Waals surface area contributed by atoms with Gasteiger partial charge in [-0.1, -0.05) is 18.2 Å². The van der Waals surface area contributed by atoms with Crippen molar-refractivity contribution < 1.29 is 19.5 Å². The third-order valence-corrected chi connectivity index (χ3v) is 4.53. The summed E-state index contributed by atoms with van der Waals surface area (Å²) in [5.41, 5.74) is -0.0518. The quantitative estimate of drug-likeness (QED) is 0.893. The summed E-state index contributed by atoms with van der Waals surface area (Å²) in [6.45, 7) is 3.03. The number of aliphatic carboxylic acids is 1. The zero-order valence-corrected chi connectivity index (χ0v) is 14.2. The van der Waals surface area contributed by atoms with Gasteiger partial charge >= 0.3 is 5.97 Å². The fourth-order valence-corrected chi connectivity index (χ4v) is 3.18. The van der Waals surface area contributed by atoms with Gasteiger partial charge in [-0.15, -0.1) is 0 Å². The van der Waals surface area contributed by atoms with Gasteiger partial charge in [-0.25, -0.2) is 0 Å². The van der Waals surface area contributed by atoms with Crippen LogP contribution in [0.3, 0.4) is 0 Å². The first-order chi connectivity index (χ1) is 11.3. The highest BCUT2D eigenvalue weighted by Crippen LogP contribution is 2.32. The number of likely N-dealkylation sites (tertiary alicyclic amines) is 1. The molecule has 1 unspecified atom stereocenters. The van der Waals surface area contributed by atoms with E-state index in [4.69, 9.17) is 5.11 Å². The molecule has 1 heterocycles. The van der Waals surface area contributed by atoms with Gasteiger partial charge in [0.15, 0.2) is 0 Å². The predicted molar refractivity (Wildman–Crippen MR) is 89.6 cm³/mol. The van der Waals surface area contributed by atoms with Crippen LogP contribution in [0.5, 0.6) is 0 Å². The molecular weight excluding hydrogens is 308 g/mol. The average Bonchev–Trinajstić information content (AvgIpc) is 2.59. The highest BCUT2D eigenvalue weighted by Gasteiger charge is 2.41. The van der Waals surface area contributed by atoms with E-state index in [0.29, 0.717) is 25.1 Å². The monoisotopic (exact) mass is 332 g/mol. The fraction of sp³-hybridized carbons (Fsp3) is 0.500. The summed E-state index contributed by atoms with van der Waals surface area (Å²) in [7, 11) is 1.62. The van der Waals surface area contributed by atoms with Crippen molar-refractivity contribution in [1.82, 2.24) is 9.80 Å². The second-order valence-corrected chi connectivity index (χ2v) is 6.63. The van der Waals surface area contributed by atoms with Gasteiger partial charge in [-0.2, -0.15) is 0 Å². The molecular formula is C18H24N2O4. The maximum atomic E-state index is 12.7. The molecule has 0 spiro atoms. The van der Waals surface area contributed by atoms with Crippen molar-refractivity contribution in [3.8, 4) is 0 Å². The Labute approximate surface area is 142 Å². The normalized spacial score (nSPS) is 20.5. The molecule has 1 atom stereocenters. The van der Waals surface area contributed by atoms with Gasteiger partial charge in [0.25, 0.3) is 5.91 Å². The molecule has 1 aliphatic heterocycles. The highest BCUT2D eigenvalue weighted by molar-refractivity contribution is 5.95. The summed E-state index contributed by atoms with van der Waals surface area (Å²) in [6.07, 6.45) is 1.38. The first kappa shape index (κ1) is 18.0. The number of hydrogen-bond acceptors (Lipinski definition) is 3. The van der Waals surface area contributed by atoms with E-state index in [-0.39, 0.29) is 24.8 Å². The molecule has 0 aromatic heterocycles. The molecule has 6 nitrogen and oxygen atoms in total. The van der Waals surface area contributed by atoms with Crippen LogP contribution >= 0.6 is 0 Å². The van der Waals surface area contributed by atoms with E-state index in [9.17, 15) is 14.4 Å². The van der Waals surface area contributed by atoms with Gasteiger partial charge in [0.1, 0.15) is 0 Å². The first-order valence-electron chi connectivity index (χ1n) is 8.15. The first-order valence-corrected chi connectivity index (χ1v) is 8.15. The van der Waals surface area contributed by atoms with Gasteiger partial charge in [0.2, 0.25) is 5.91 Å². The number of carbonyl (C=O) groups excluding carboxylic acids is 2. The minimum Gasteiger partial charge on any atom is -0.481 e. The van der Waals surface area contributed by atoms with Crippen molar-refractivity contribution in [1.29, 1.82) is 0 Å². The van der Waals surface area contributed by atoms with Crippen LogP contribution in [0.4, 0.5) is 0 Å². The number of carbonyl (C=O) groups is 3. The van der Waals surface area contributed by atoms with E-state index in [1.54, 1.807) is 24.1 Å². The van der Waals surface area contributed by atoms with Crippen molar-refractivity contribution in [2.24, 2.45) is 5.41 Å². The van der Waals surface area contributed by atoms with Crippen LogP contribution in [0, 0.1) is 5.41 Å².